The third kappa shape index (κ3) is 1.66. The summed E-state index contributed by atoms with van der Waals surface area (Å²) < 4.78 is 0. The van der Waals surface area contributed by atoms with Gasteiger partial charge in [-0.2, -0.15) is 0 Å². The molecule has 0 saturated heterocycles. The minimum Gasteiger partial charge on any atom is -0.0636 e. The van der Waals surface area contributed by atoms with Crippen LogP contribution in [0.25, 0.3) is 0 Å². The van der Waals surface area contributed by atoms with Gasteiger partial charge in [-0.05, 0) is 50.5 Å². The minimum atomic E-state index is 0.954. The van der Waals surface area contributed by atoms with E-state index >= 15 is 0 Å². The molecular formula is C11H17. The third-order valence-electron chi connectivity index (χ3n) is 3.07. The number of allylic oxidation sites excluding steroid dienone is 2. The molecular weight excluding hydrogens is 132 g/mol. The maximum atomic E-state index is 3.58. The lowest BCUT2D eigenvalue weighted by atomic mass is 9.88. The molecule has 2 rings (SSSR count). The molecule has 0 N–H and O–H groups in total. The van der Waals surface area contributed by atoms with Crippen molar-refractivity contribution in [1.29, 1.82) is 0 Å². The average molecular weight is 149 g/mol. The third-order valence-corrected chi connectivity index (χ3v) is 3.07. The monoisotopic (exact) mass is 149 g/mol. The fourth-order valence-electron chi connectivity index (χ4n) is 2.40. The smallest absolute Gasteiger partial charge is 0.0197 e. The van der Waals surface area contributed by atoms with Crippen LogP contribution in [0.15, 0.2) is 5.57 Å². The highest BCUT2D eigenvalue weighted by Gasteiger charge is 2.19. The van der Waals surface area contributed by atoms with Gasteiger partial charge in [0.05, 0.1) is 0 Å². The summed E-state index contributed by atoms with van der Waals surface area (Å²) in [6.45, 7) is 0. The van der Waals surface area contributed by atoms with Crippen molar-refractivity contribution in [2.75, 3.05) is 0 Å². The Morgan fingerprint density at radius 3 is 2.45 bits per heavy atom. The molecule has 0 bridgehead atoms. The Morgan fingerprint density at radius 1 is 1.00 bits per heavy atom. The van der Waals surface area contributed by atoms with E-state index < -0.39 is 0 Å². The zero-order chi connectivity index (χ0) is 7.52. The van der Waals surface area contributed by atoms with Crippen molar-refractivity contribution in [2.45, 2.75) is 51.4 Å². The van der Waals surface area contributed by atoms with Crippen molar-refractivity contribution in [3.8, 4) is 0 Å². The van der Waals surface area contributed by atoms with Crippen LogP contribution in [0, 0.1) is 12.0 Å². The molecule has 1 saturated carbocycles. The molecule has 1 fully saturated rings. The van der Waals surface area contributed by atoms with E-state index in [1.54, 1.807) is 5.57 Å². The van der Waals surface area contributed by atoms with Crippen molar-refractivity contribution in [3.05, 3.63) is 11.6 Å². The van der Waals surface area contributed by atoms with Gasteiger partial charge in [-0.1, -0.05) is 18.4 Å². The zero-order valence-corrected chi connectivity index (χ0v) is 7.23. The summed E-state index contributed by atoms with van der Waals surface area (Å²) in [5.74, 6) is 0.954. The maximum absolute atomic E-state index is 3.58. The average Bonchev–Trinajstić information content (AvgIpc) is 2.58. The predicted molar refractivity (Wildman–Crippen MR) is 47.2 cm³/mol. The lowest BCUT2D eigenvalue weighted by molar-refractivity contribution is 0.557. The molecule has 0 unspecified atom stereocenters. The van der Waals surface area contributed by atoms with Gasteiger partial charge in [0.1, 0.15) is 0 Å². The van der Waals surface area contributed by atoms with Crippen LogP contribution in [-0.4, -0.2) is 0 Å². The Hall–Kier alpha value is -0.260. The highest BCUT2D eigenvalue weighted by molar-refractivity contribution is 5.06. The van der Waals surface area contributed by atoms with E-state index in [9.17, 15) is 0 Å². The summed E-state index contributed by atoms with van der Waals surface area (Å²) in [6.07, 6.45) is 14.9. The van der Waals surface area contributed by atoms with E-state index in [0.29, 0.717) is 0 Å². The molecule has 0 heterocycles. The zero-order valence-electron chi connectivity index (χ0n) is 7.23. The van der Waals surface area contributed by atoms with Gasteiger partial charge in [-0.25, -0.2) is 0 Å². The van der Waals surface area contributed by atoms with Crippen molar-refractivity contribution < 1.29 is 0 Å². The summed E-state index contributed by atoms with van der Waals surface area (Å²) in [5.41, 5.74) is 1.69. The number of rotatable bonds is 1. The van der Waals surface area contributed by atoms with Crippen molar-refractivity contribution in [1.82, 2.24) is 0 Å². The van der Waals surface area contributed by atoms with Crippen LogP contribution in [0.3, 0.4) is 0 Å². The highest BCUT2D eigenvalue weighted by atomic mass is 14.2. The molecule has 0 nitrogen and oxygen atoms in total. The Morgan fingerprint density at radius 2 is 1.82 bits per heavy atom. The maximum Gasteiger partial charge on any atom is -0.0197 e. The fraction of sp³-hybridized carbons (Fsp3) is 0.818. The van der Waals surface area contributed by atoms with Crippen LogP contribution in [0.4, 0.5) is 0 Å². The standard InChI is InChI=1S/C11H17/c1-2-6-10(7-3-1)11-8-4-5-9-11/h11H,1-6,8-9H2. The second kappa shape index (κ2) is 3.42. The quantitative estimate of drug-likeness (QED) is 0.535. The lowest BCUT2D eigenvalue weighted by Gasteiger charge is -2.17. The first-order chi connectivity index (χ1) is 5.47. The molecule has 0 amide bonds. The lowest BCUT2D eigenvalue weighted by Crippen LogP contribution is -2.02. The molecule has 1 radical (unpaired) electrons. The topological polar surface area (TPSA) is 0 Å². The van der Waals surface area contributed by atoms with Gasteiger partial charge < -0.3 is 0 Å². The summed E-state index contributed by atoms with van der Waals surface area (Å²) in [5, 5.41) is 0. The largest absolute Gasteiger partial charge is 0.0636 e. The molecule has 0 aromatic heterocycles. The van der Waals surface area contributed by atoms with Gasteiger partial charge in [-0.15, -0.1) is 0 Å². The first kappa shape index (κ1) is 7.39. The predicted octanol–water partition coefficient (Wildman–Crippen LogP) is 3.48. The summed E-state index contributed by atoms with van der Waals surface area (Å²) in [6, 6.07) is 0. The van der Waals surface area contributed by atoms with E-state index in [1.807, 2.05) is 0 Å². The summed E-state index contributed by atoms with van der Waals surface area (Å²) >= 11 is 0. The summed E-state index contributed by atoms with van der Waals surface area (Å²) in [4.78, 5) is 0. The van der Waals surface area contributed by atoms with Crippen LogP contribution in [0.5, 0.6) is 0 Å². The molecule has 61 valence electrons. The van der Waals surface area contributed by atoms with Gasteiger partial charge in [0.25, 0.3) is 0 Å². The Balaban J connectivity index is 1.96. The molecule has 0 aromatic carbocycles. The Bertz CT molecular complexity index is 149. The molecule has 0 heteroatoms. The van der Waals surface area contributed by atoms with E-state index in [0.717, 1.165) is 5.92 Å². The first-order valence-electron chi connectivity index (χ1n) is 5.06. The van der Waals surface area contributed by atoms with Crippen LogP contribution >= 0.6 is 0 Å². The van der Waals surface area contributed by atoms with E-state index in [2.05, 4.69) is 6.08 Å². The van der Waals surface area contributed by atoms with Gasteiger partial charge in [0, 0.05) is 0 Å². The Labute approximate surface area is 69.7 Å². The van der Waals surface area contributed by atoms with E-state index in [4.69, 9.17) is 0 Å². The second-order valence-electron chi connectivity index (χ2n) is 3.89. The SMILES string of the molecule is [C]1=C(C2CCCC2)CCCC1. The van der Waals surface area contributed by atoms with Crippen molar-refractivity contribution in [3.63, 3.8) is 0 Å². The number of hydrogen-bond donors (Lipinski definition) is 0. The second-order valence-corrected chi connectivity index (χ2v) is 3.89. The van der Waals surface area contributed by atoms with Gasteiger partial charge >= 0.3 is 0 Å². The molecule has 0 atom stereocenters. The fourth-order valence-corrected chi connectivity index (χ4v) is 2.40. The number of hydrogen-bond acceptors (Lipinski definition) is 0. The van der Waals surface area contributed by atoms with Gasteiger partial charge in [0.15, 0.2) is 0 Å². The van der Waals surface area contributed by atoms with Crippen LogP contribution < -0.4 is 0 Å². The molecule has 0 aliphatic heterocycles. The molecule has 0 aromatic rings. The highest BCUT2D eigenvalue weighted by Crippen LogP contribution is 2.35. The summed E-state index contributed by atoms with van der Waals surface area (Å²) in [7, 11) is 0. The molecule has 0 spiro atoms. The van der Waals surface area contributed by atoms with Crippen LogP contribution in [-0.2, 0) is 0 Å². The Kier molecular flexibility index (Phi) is 2.30. The van der Waals surface area contributed by atoms with E-state index in [-0.39, 0.29) is 0 Å². The van der Waals surface area contributed by atoms with E-state index in [1.165, 1.54) is 51.4 Å². The normalized spacial score (nSPS) is 27.1. The minimum absolute atomic E-state index is 0.954. The molecule has 2 aliphatic rings. The molecule has 2 aliphatic carbocycles. The first-order valence-corrected chi connectivity index (χ1v) is 5.06. The van der Waals surface area contributed by atoms with Gasteiger partial charge in [-0.3, -0.25) is 0 Å². The van der Waals surface area contributed by atoms with Crippen LogP contribution in [0.1, 0.15) is 51.4 Å². The van der Waals surface area contributed by atoms with Crippen molar-refractivity contribution in [2.24, 2.45) is 5.92 Å². The molecule has 11 heavy (non-hydrogen) atoms. The van der Waals surface area contributed by atoms with Crippen LogP contribution in [0.2, 0.25) is 0 Å². The van der Waals surface area contributed by atoms with Gasteiger partial charge in [0.2, 0.25) is 0 Å². The van der Waals surface area contributed by atoms with Crippen molar-refractivity contribution >= 4 is 0 Å².